The summed E-state index contributed by atoms with van der Waals surface area (Å²) in [5.41, 5.74) is 6.55. The van der Waals surface area contributed by atoms with Gasteiger partial charge in [-0.05, 0) is 12.5 Å². The van der Waals surface area contributed by atoms with Crippen LogP contribution in [0.25, 0.3) is 0 Å². The van der Waals surface area contributed by atoms with Crippen molar-refractivity contribution in [2.45, 2.75) is 32.4 Å². The molecule has 0 saturated carbocycles. The number of benzene rings is 1. The Hall–Kier alpha value is -1.14. The lowest BCUT2D eigenvalue weighted by atomic mass is 10.2. The minimum absolute atomic E-state index is 0.188. The topological polar surface area (TPSA) is 73.9 Å². The number of hydrogen-bond donors (Lipinski definition) is 2. The van der Waals surface area contributed by atoms with E-state index in [0.717, 1.165) is 25.0 Å². The second kappa shape index (κ2) is 11.5. The van der Waals surface area contributed by atoms with Crippen LogP contribution in [0.2, 0.25) is 0 Å². The number of aliphatic hydroxyl groups is 1. The number of hydrogen-bond acceptors (Lipinski definition) is 5. The van der Waals surface area contributed by atoms with Crippen molar-refractivity contribution in [3.05, 3.63) is 29.8 Å². The summed E-state index contributed by atoms with van der Waals surface area (Å²) in [7, 11) is 0. The number of rotatable bonds is 12. The zero-order chi connectivity index (χ0) is 15.3. The van der Waals surface area contributed by atoms with Crippen LogP contribution in [-0.4, -0.2) is 44.2 Å². The van der Waals surface area contributed by atoms with Gasteiger partial charge in [-0.2, -0.15) is 0 Å². The van der Waals surface area contributed by atoms with Gasteiger partial charge >= 0.3 is 0 Å². The molecule has 0 spiro atoms. The highest BCUT2D eigenvalue weighted by atomic mass is 16.5. The molecular weight excluding hydrogens is 270 g/mol. The SMILES string of the molecule is CCCCOCCOCC(O)COc1ccccc1CN. The second-order valence-corrected chi connectivity index (χ2v) is 4.82. The molecule has 1 aromatic rings. The molecule has 0 saturated heterocycles. The first kappa shape index (κ1) is 17.9. The van der Waals surface area contributed by atoms with Gasteiger partial charge in [0.1, 0.15) is 18.5 Å². The third-order valence-corrected chi connectivity index (χ3v) is 2.95. The number of nitrogens with two attached hydrogens (primary N) is 1. The molecule has 0 radical (unpaired) electrons. The van der Waals surface area contributed by atoms with Crippen LogP contribution in [0.4, 0.5) is 0 Å². The van der Waals surface area contributed by atoms with E-state index in [1.807, 2.05) is 24.3 Å². The van der Waals surface area contributed by atoms with Crippen LogP contribution in [0, 0.1) is 0 Å². The molecule has 3 N–H and O–H groups in total. The van der Waals surface area contributed by atoms with Crippen LogP contribution < -0.4 is 10.5 Å². The molecule has 0 aromatic heterocycles. The van der Waals surface area contributed by atoms with E-state index in [9.17, 15) is 5.11 Å². The molecule has 0 bridgehead atoms. The van der Waals surface area contributed by atoms with Crippen molar-refractivity contribution in [3.63, 3.8) is 0 Å². The monoisotopic (exact) mass is 297 g/mol. The lowest BCUT2D eigenvalue weighted by molar-refractivity contribution is -0.0112. The molecule has 1 unspecified atom stereocenters. The van der Waals surface area contributed by atoms with Crippen LogP contribution in [0.15, 0.2) is 24.3 Å². The molecule has 1 atom stereocenters. The Balaban J connectivity index is 2.09. The fraction of sp³-hybridized carbons (Fsp3) is 0.625. The van der Waals surface area contributed by atoms with Crippen LogP contribution in [0.5, 0.6) is 5.75 Å². The highest BCUT2D eigenvalue weighted by Gasteiger charge is 2.07. The molecule has 0 fully saturated rings. The quantitative estimate of drug-likeness (QED) is 0.575. The Morgan fingerprint density at radius 2 is 1.86 bits per heavy atom. The molecular formula is C16H27NO4. The summed E-state index contributed by atoms with van der Waals surface area (Å²) in [5.74, 6) is 0.710. The molecule has 0 amide bonds. The zero-order valence-electron chi connectivity index (χ0n) is 12.8. The Labute approximate surface area is 127 Å². The van der Waals surface area contributed by atoms with E-state index in [1.165, 1.54) is 0 Å². The average molecular weight is 297 g/mol. The number of para-hydroxylation sites is 1. The Bertz CT molecular complexity index is 373. The molecule has 0 aliphatic heterocycles. The second-order valence-electron chi connectivity index (χ2n) is 4.82. The third kappa shape index (κ3) is 8.02. The van der Waals surface area contributed by atoms with E-state index < -0.39 is 6.10 Å². The molecule has 120 valence electrons. The van der Waals surface area contributed by atoms with Crippen molar-refractivity contribution in [3.8, 4) is 5.75 Å². The Morgan fingerprint density at radius 3 is 2.62 bits per heavy atom. The highest BCUT2D eigenvalue weighted by molar-refractivity contribution is 5.32. The standard InChI is InChI=1S/C16H27NO4/c1-2-3-8-19-9-10-20-12-15(18)13-21-16-7-5-4-6-14(16)11-17/h4-7,15,18H,2-3,8-13,17H2,1H3. The van der Waals surface area contributed by atoms with E-state index in [4.69, 9.17) is 19.9 Å². The summed E-state index contributed by atoms with van der Waals surface area (Å²) >= 11 is 0. The number of ether oxygens (including phenoxy) is 3. The van der Waals surface area contributed by atoms with Gasteiger partial charge in [-0.25, -0.2) is 0 Å². The lowest BCUT2D eigenvalue weighted by Gasteiger charge is -2.14. The molecule has 1 rings (SSSR count). The van der Waals surface area contributed by atoms with E-state index in [-0.39, 0.29) is 13.2 Å². The molecule has 1 aromatic carbocycles. The maximum atomic E-state index is 9.79. The largest absolute Gasteiger partial charge is 0.490 e. The lowest BCUT2D eigenvalue weighted by Crippen LogP contribution is -2.24. The van der Waals surface area contributed by atoms with Gasteiger partial charge in [0.15, 0.2) is 0 Å². The molecule has 5 heteroatoms. The molecule has 5 nitrogen and oxygen atoms in total. The maximum Gasteiger partial charge on any atom is 0.123 e. The first-order valence-corrected chi connectivity index (χ1v) is 7.52. The summed E-state index contributed by atoms with van der Waals surface area (Å²) in [6, 6.07) is 7.54. The minimum atomic E-state index is -0.661. The number of unbranched alkanes of at least 4 members (excludes halogenated alkanes) is 1. The van der Waals surface area contributed by atoms with Gasteiger partial charge in [-0.1, -0.05) is 31.5 Å². The molecule has 0 heterocycles. The van der Waals surface area contributed by atoms with Crippen molar-refractivity contribution in [2.24, 2.45) is 5.73 Å². The van der Waals surface area contributed by atoms with Gasteiger partial charge < -0.3 is 25.1 Å². The normalized spacial score (nSPS) is 12.3. The first-order valence-electron chi connectivity index (χ1n) is 7.52. The predicted molar refractivity (Wildman–Crippen MR) is 82.4 cm³/mol. The van der Waals surface area contributed by atoms with Gasteiger partial charge in [0.2, 0.25) is 0 Å². The van der Waals surface area contributed by atoms with Gasteiger partial charge in [0.05, 0.1) is 19.8 Å². The van der Waals surface area contributed by atoms with Crippen molar-refractivity contribution < 1.29 is 19.3 Å². The van der Waals surface area contributed by atoms with Crippen LogP contribution in [-0.2, 0) is 16.0 Å². The van der Waals surface area contributed by atoms with Crippen LogP contribution >= 0.6 is 0 Å². The zero-order valence-corrected chi connectivity index (χ0v) is 12.8. The molecule has 0 aliphatic carbocycles. The van der Waals surface area contributed by atoms with Gasteiger partial charge in [0, 0.05) is 18.7 Å². The Kier molecular flexibility index (Phi) is 9.82. The minimum Gasteiger partial charge on any atom is -0.490 e. The maximum absolute atomic E-state index is 9.79. The van der Waals surface area contributed by atoms with E-state index in [1.54, 1.807) is 0 Å². The van der Waals surface area contributed by atoms with E-state index >= 15 is 0 Å². The molecule has 21 heavy (non-hydrogen) atoms. The Morgan fingerprint density at radius 1 is 1.10 bits per heavy atom. The summed E-state index contributed by atoms with van der Waals surface area (Å²) < 4.78 is 16.3. The van der Waals surface area contributed by atoms with Crippen molar-refractivity contribution in [1.82, 2.24) is 0 Å². The summed E-state index contributed by atoms with van der Waals surface area (Å²) in [4.78, 5) is 0. The number of aliphatic hydroxyl groups excluding tert-OH is 1. The van der Waals surface area contributed by atoms with E-state index in [2.05, 4.69) is 6.92 Å². The molecule has 0 aliphatic rings. The smallest absolute Gasteiger partial charge is 0.123 e. The summed E-state index contributed by atoms with van der Waals surface area (Å²) in [6.45, 7) is 4.78. The van der Waals surface area contributed by atoms with Gasteiger partial charge in [-0.3, -0.25) is 0 Å². The van der Waals surface area contributed by atoms with Gasteiger partial charge in [0.25, 0.3) is 0 Å². The van der Waals surface area contributed by atoms with Crippen LogP contribution in [0.3, 0.4) is 0 Å². The fourth-order valence-electron chi connectivity index (χ4n) is 1.73. The van der Waals surface area contributed by atoms with Crippen molar-refractivity contribution in [2.75, 3.05) is 33.0 Å². The van der Waals surface area contributed by atoms with Crippen molar-refractivity contribution >= 4 is 0 Å². The van der Waals surface area contributed by atoms with Gasteiger partial charge in [-0.15, -0.1) is 0 Å². The third-order valence-electron chi connectivity index (χ3n) is 2.95. The summed E-state index contributed by atoms with van der Waals surface area (Å²) in [6.07, 6.45) is 1.53. The predicted octanol–water partition coefficient (Wildman–Crippen LogP) is 1.72. The fourth-order valence-corrected chi connectivity index (χ4v) is 1.73. The highest BCUT2D eigenvalue weighted by Crippen LogP contribution is 2.17. The summed E-state index contributed by atoms with van der Waals surface area (Å²) in [5, 5.41) is 9.79. The average Bonchev–Trinajstić information content (AvgIpc) is 2.52. The first-order chi connectivity index (χ1) is 10.3. The van der Waals surface area contributed by atoms with Crippen LogP contribution in [0.1, 0.15) is 25.3 Å². The van der Waals surface area contributed by atoms with E-state index in [0.29, 0.717) is 25.5 Å². The van der Waals surface area contributed by atoms with Crippen molar-refractivity contribution in [1.29, 1.82) is 0 Å².